The molecule has 1 unspecified atom stereocenters. The molecule has 0 amide bonds. The highest BCUT2D eigenvalue weighted by atomic mass is 16.5. The van der Waals surface area contributed by atoms with Crippen LogP contribution in [0.4, 0.5) is 0 Å². The summed E-state index contributed by atoms with van der Waals surface area (Å²) in [5, 5.41) is 4.75. The number of fused-ring (bicyclic) bond motifs is 1. The molecule has 1 saturated heterocycles. The third-order valence-corrected chi connectivity index (χ3v) is 6.22. The number of rotatable bonds is 4. The normalized spacial score (nSPS) is 21.1. The van der Waals surface area contributed by atoms with Crippen molar-refractivity contribution < 1.29 is 4.52 Å². The van der Waals surface area contributed by atoms with E-state index in [0.717, 1.165) is 60.4 Å². The van der Waals surface area contributed by atoms with Crippen molar-refractivity contribution in [3.05, 3.63) is 58.0 Å². The molecule has 1 aliphatic carbocycles. The Morgan fingerprint density at radius 2 is 1.96 bits per heavy atom. The fraction of sp³-hybridized carbons (Fsp3) is 0.500. The standard InChI is InChI=1S/C22H26N4O2/c1-15-13-17(28-24-15)14-25-12-6-11-20(25)21-23-19-10-5-4-9-18(19)22(27)26(21)16-7-2-3-8-16/h4-5,9-10,13,16,20H,2-3,6-8,11-12,14H2,1H3. The van der Waals surface area contributed by atoms with E-state index in [1.54, 1.807) is 0 Å². The van der Waals surface area contributed by atoms with Crippen LogP contribution in [-0.4, -0.2) is 26.2 Å². The van der Waals surface area contributed by atoms with Crippen LogP contribution in [0, 0.1) is 6.92 Å². The molecule has 1 aliphatic heterocycles. The quantitative estimate of drug-likeness (QED) is 0.682. The monoisotopic (exact) mass is 378 g/mol. The molecule has 28 heavy (non-hydrogen) atoms. The molecule has 0 bridgehead atoms. The van der Waals surface area contributed by atoms with Crippen LogP contribution in [0.1, 0.15) is 67.9 Å². The lowest BCUT2D eigenvalue weighted by Crippen LogP contribution is -2.33. The minimum absolute atomic E-state index is 0.120. The molecule has 1 saturated carbocycles. The predicted molar refractivity (Wildman–Crippen MR) is 107 cm³/mol. The summed E-state index contributed by atoms with van der Waals surface area (Å²) in [7, 11) is 0. The molecule has 1 atom stereocenters. The zero-order chi connectivity index (χ0) is 19.1. The van der Waals surface area contributed by atoms with Crippen molar-refractivity contribution in [2.75, 3.05) is 6.54 Å². The molecule has 0 N–H and O–H groups in total. The van der Waals surface area contributed by atoms with Gasteiger partial charge in [-0.1, -0.05) is 30.1 Å². The van der Waals surface area contributed by atoms with Crippen molar-refractivity contribution in [3.8, 4) is 0 Å². The van der Waals surface area contributed by atoms with Gasteiger partial charge in [0.1, 0.15) is 5.82 Å². The van der Waals surface area contributed by atoms with Crippen molar-refractivity contribution in [1.29, 1.82) is 0 Å². The maximum absolute atomic E-state index is 13.4. The van der Waals surface area contributed by atoms with Crippen LogP contribution in [0.3, 0.4) is 0 Å². The highest BCUT2D eigenvalue weighted by Crippen LogP contribution is 2.36. The molecule has 1 aromatic carbocycles. The molecule has 6 heteroatoms. The molecule has 0 spiro atoms. The van der Waals surface area contributed by atoms with Crippen molar-refractivity contribution >= 4 is 10.9 Å². The number of hydrogen-bond acceptors (Lipinski definition) is 5. The Balaban J connectivity index is 1.60. The number of hydrogen-bond donors (Lipinski definition) is 0. The number of aryl methyl sites for hydroxylation is 1. The second-order valence-electron chi connectivity index (χ2n) is 8.16. The van der Waals surface area contributed by atoms with E-state index < -0.39 is 0 Å². The predicted octanol–water partition coefficient (Wildman–Crippen LogP) is 4.15. The first-order chi connectivity index (χ1) is 13.7. The lowest BCUT2D eigenvalue weighted by molar-refractivity contribution is 0.203. The third-order valence-electron chi connectivity index (χ3n) is 6.22. The smallest absolute Gasteiger partial charge is 0.261 e. The zero-order valence-corrected chi connectivity index (χ0v) is 16.3. The van der Waals surface area contributed by atoms with Gasteiger partial charge in [-0.3, -0.25) is 14.3 Å². The summed E-state index contributed by atoms with van der Waals surface area (Å²) < 4.78 is 7.49. The van der Waals surface area contributed by atoms with Gasteiger partial charge in [0.15, 0.2) is 5.76 Å². The van der Waals surface area contributed by atoms with Crippen molar-refractivity contribution in [2.24, 2.45) is 0 Å². The maximum atomic E-state index is 13.4. The molecule has 0 radical (unpaired) electrons. The van der Waals surface area contributed by atoms with Crippen molar-refractivity contribution in [3.63, 3.8) is 0 Å². The number of likely N-dealkylation sites (tertiary alicyclic amines) is 1. The fourth-order valence-electron chi connectivity index (χ4n) is 4.91. The van der Waals surface area contributed by atoms with Gasteiger partial charge in [-0.05, 0) is 51.3 Å². The molecular formula is C22H26N4O2. The molecule has 5 rings (SSSR count). The summed E-state index contributed by atoms with van der Waals surface area (Å²) in [6, 6.07) is 10.2. The summed E-state index contributed by atoms with van der Waals surface area (Å²) >= 11 is 0. The van der Waals surface area contributed by atoms with Gasteiger partial charge < -0.3 is 4.52 Å². The van der Waals surface area contributed by atoms with Gasteiger partial charge in [0.25, 0.3) is 5.56 Å². The molecule has 6 nitrogen and oxygen atoms in total. The van der Waals surface area contributed by atoms with Gasteiger partial charge >= 0.3 is 0 Å². The highest BCUT2D eigenvalue weighted by molar-refractivity contribution is 5.77. The highest BCUT2D eigenvalue weighted by Gasteiger charge is 2.33. The number of nitrogens with zero attached hydrogens (tertiary/aromatic N) is 4. The van der Waals surface area contributed by atoms with E-state index in [9.17, 15) is 4.79 Å². The largest absolute Gasteiger partial charge is 0.360 e. The first-order valence-corrected chi connectivity index (χ1v) is 10.4. The van der Waals surface area contributed by atoms with Crippen molar-refractivity contribution in [2.45, 2.75) is 64.1 Å². The van der Waals surface area contributed by atoms with Crippen LogP contribution in [-0.2, 0) is 6.54 Å². The SMILES string of the molecule is Cc1cc(CN2CCCC2c2nc3ccccc3c(=O)n2C2CCCC2)on1. The van der Waals surface area contributed by atoms with E-state index in [1.165, 1.54) is 12.8 Å². The Bertz CT molecular complexity index is 1050. The minimum Gasteiger partial charge on any atom is -0.360 e. The summed E-state index contributed by atoms with van der Waals surface area (Å²) in [5.41, 5.74) is 1.83. The molecule has 2 fully saturated rings. The van der Waals surface area contributed by atoms with Gasteiger partial charge in [-0.25, -0.2) is 4.98 Å². The Kier molecular flexibility index (Phi) is 4.51. The molecule has 2 aromatic heterocycles. The van der Waals surface area contributed by atoms with Gasteiger partial charge in [-0.15, -0.1) is 0 Å². The van der Waals surface area contributed by atoms with E-state index in [2.05, 4.69) is 10.1 Å². The van der Waals surface area contributed by atoms with Crippen LogP contribution in [0.2, 0.25) is 0 Å². The Morgan fingerprint density at radius 1 is 1.14 bits per heavy atom. The molecule has 146 valence electrons. The van der Waals surface area contributed by atoms with Crippen molar-refractivity contribution in [1.82, 2.24) is 19.6 Å². The molecule has 2 aliphatic rings. The minimum atomic E-state index is 0.120. The lowest BCUT2D eigenvalue weighted by Gasteiger charge is -2.28. The zero-order valence-electron chi connectivity index (χ0n) is 16.3. The van der Waals surface area contributed by atoms with Gasteiger partial charge in [0.2, 0.25) is 0 Å². The van der Waals surface area contributed by atoms with E-state index in [-0.39, 0.29) is 17.6 Å². The summed E-state index contributed by atoms with van der Waals surface area (Å²) in [6.07, 6.45) is 6.64. The van der Waals surface area contributed by atoms with E-state index in [1.807, 2.05) is 41.8 Å². The van der Waals surface area contributed by atoms with Crippen LogP contribution < -0.4 is 5.56 Å². The average Bonchev–Trinajstić information content (AvgIpc) is 3.45. The number of benzene rings is 1. The summed E-state index contributed by atoms with van der Waals surface area (Å²) in [6.45, 7) is 3.63. The van der Waals surface area contributed by atoms with E-state index >= 15 is 0 Å². The van der Waals surface area contributed by atoms with Gasteiger partial charge in [0.05, 0.1) is 29.2 Å². The Hall–Kier alpha value is -2.47. The van der Waals surface area contributed by atoms with Gasteiger partial charge in [0, 0.05) is 12.1 Å². The van der Waals surface area contributed by atoms with Crippen LogP contribution in [0.25, 0.3) is 10.9 Å². The second-order valence-corrected chi connectivity index (χ2v) is 8.16. The van der Waals surface area contributed by atoms with Crippen LogP contribution in [0.15, 0.2) is 39.6 Å². The van der Waals surface area contributed by atoms with Crippen LogP contribution in [0.5, 0.6) is 0 Å². The van der Waals surface area contributed by atoms with E-state index in [0.29, 0.717) is 6.54 Å². The van der Waals surface area contributed by atoms with Gasteiger partial charge in [-0.2, -0.15) is 0 Å². The Labute approximate surface area is 164 Å². The number of aromatic nitrogens is 3. The van der Waals surface area contributed by atoms with E-state index in [4.69, 9.17) is 9.51 Å². The Morgan fingerprint density at radius 3 is 2.75 bits per heavy atom. The van der Waals surface area contributed by atoms with Crippen LogP contribution >= 0.6 is 0 Å². The molecular weight excluding hydrogens is 352 g/mol. The molecule has 3 aromatic rings. The second kappa shape index (κ2) is 7.17. The summed E-state index contributed by atoms with van der Waals surface area (Å²) in [4.78, 5) is 20.9. The topological polar surface area (TPSA) is 64.2 Å². The first-order valence-electron chi connectivity index (χ1n) is 10.4. The maximum Gasteiger partial charge on any atom is 0.261 e. The first kappa shape index (κ1) is 17.6. The summed E-state index contributed by atoms with van der Waals surface area (Å²) in [5.74, 6) is 1.81. The third kappa shape index (κ3) is 3.05. The number of para-hydroxylation sites is 1. The average molecular weight is 378 g/mol. The lowest BCUT2D eigenvalue weighted by atomic mass is 10.1. The fourth-order valence-corrected chi connectivity index (χ4v) is 4.91. The molecule has 3 heterocycles.